The van der Waals surface area contributed by atoms with Crippen molar-refractivity contribution >= 4 is 11.8 Å². The highest BCUT2D eigenvalue weighted by atomic mass is 16.5. The number of ether oxygens (including phenoxy) is 1. The van der Waals surface area contributed by atoms with E-state index in [2.05, 4.69) is 26.8 Å². The SMILES string of the molecule is CC(=O)Oc1c(C)cc(C(C)(C)c2ccc(C(C)=O)cc2)c(C)c1C. The molecule has 2 rings (SSSR count). The monoisotopic (exact) mass is 338 g/mol. The lowest BCUT2D eigenvalue weighted by molar-refractivity contribution is -0.131. The van der Waals surface area contributed by atoms with Crippen molar-refractivity contribution in [2.75, 3.05) is 0 Å². The summed E-state index contributed by atoms with van der Waals surface area (Å²) in [6, 6.07) is 9.88. The van der Waals surface area contributed by atoms with Gasteiger partial charge in [-0.1, -0.05) is 44.2 Å². The molecule has 0 N–H and O–H groups in total. The number of esters is 1. The van der Waals surface area contributed by atoms with Gasteiger partial charge in [0.1, 0.15) is 5.75 Å². The first-order chi connectivity index (χ1) is 11.6. The van der Waals surface area contributed by atoms with Crippen LogP contribution < -0.4 is 4.74 Å². The summed E-state index contributed by atoms with van der Waals surface area (Å²) in [4.78, 5) is 22.9. The van der Waals surface area contributed by atoms with Crippen LogP contribution in [-0.2, 0) is 10.2 Å². The van der Waals surface area contributed by atoms with Crippen molar-refractivity contribution in [2.45, 2.75) is 53.9 Å². The van der Waals surface area contributed by atoms with E-state index in [0.29, 0.717) is 11.3 Å². The maximum Gasteiger partial charge on any atom is 0.308 e. The van der Waals surface area contributed by atoms with Crippen LogP contribution in [0.4, 0.5) is 0 Å². The van der Waals surface area contributed by atoms with E-state index in [1.54, 1.807) is 6.92 Å². The van der Waals surface area contributed by atoms with Gasteiger partial charge in [-0.25, -0.2) is 0 Å². The molecule has 0 aromatic heterocycles. The van der Waals surface area contributed by atoms with E-state index in [-0.39, 0.29) is 17.2 Å². The fourth-order valence-electron chi connectivity index (χ4n) is 3.29. The number of aryl methyl sites for hydroxylation is 1. The number of Topliss-reactive ketones (excluding diaryl/α,β-unsaturated/α-hetero) is 1. The largest absolute Gasteiger partial charge is 0.426 e. The van der Waals surface area contributed by atoms with Gasteiger partial charge in [-0.2, -0.15) is 0 Å². The van der Waals surface area contributed by atoms with Crippen LogP contribution in [0, 0.1) is 20.8 Å². The van der Waals surface area contributed by atoms with Crippen LogP contribution in [0.5, 0.6) is 5.75 Å². The average Bonchev–Trinajstić information content (AvgIpc) is 2.54. The molecule has 0 amide bonds. The first-order valence-corrected chi connectivity index (χ1v) is 8.47. The predicted molar refractivity (Wildman–Crippen MR) is 101 cm³/mol. The Morgan fingerprint density at radius 3 is 1.96 bits per heavy atom. The van der Waals surface area contributed by atoms with Gasteiger partial charge in [0.05, 0.1) is 0 Å². The minimum absolute atomic E-state index is 0.0676. The van der Waals surface area contributed by atoms with Crippen LogP contribution in [0.25, 0.3) is 0 Å². The third kappa shape index (κ3) is 3.65. The van der Waals surface area contributed by atoms with Gasteiger partial charge in [0.25, 0.3) is 0 Å². The first kappa shape index (κ1) is 18.9. The van der Waals surface area contributed by atoms with E-state index in [1.807, 2.05) is 38.1 Å². The highest BCUT2D eigenvalue weighted by Crippen LogP contribution is 2.39. The Balaban J connectivity index is 2.55. The zero-order valence-corrected chi connectivity index (χ0v) is 16.1. The van der Waals surface area contributed by atoms with E-state index in [9.17, 15) is 9.59 Å². The van der Waals surface area contributed by atoms with Gasteiger partial charge in [-0.15, -0.1) is 0 Å². The van der Waals surface area contributed by atoms with Crippen molar-refractivity contribution in [3.8, 4) is 5.75 Å². The molecule has 0 radical (unpaired) electrons. The molecule has 0 spiro atoms. The summed E-state index contributed by atoms with van der Waals surface area (Å²) in [5.74, 6) is 0.409. The average molecular weight is 338 g/mol. The lowest BCUT2D eigenvalue weighted by atomic mass is 9.74. The lowest BCUT2D eigenvalue weighted by Crippen LogP contribution is -2.21. The number of hydrogen-bond donors (Lipinski definition) is 0. The standard InChI is InChI=1S/C22H26O3/c1-13-12-20(14(2)15(3)21(13)25-17(5)24)22(6,7)19-10-8-18(9-11-19)16(4)23/h8-12H,1-7H3. The molecular weight excluding hydrogens is 312 g/mol. The second-order valence-corrected chi connectivity index (χ2v) is 7.17. The van der Waals surface area contributed by atoms with E-state index < -0.39 is 0 Å². The molecule has 0 aliphatic heterocycles. The summed E-state index contributed by atoms with van der Waals surface area (Å²) in [5.41, 5.74) is 5.86. The Hall–Kier alpha value is -2.42. The molecule has 0 aliphatic carbocycles. The molecule has 0 fully saturated rings. The Bertz CT molecular complexity index is 827. The van der Waals surface area contributed by atoms with E-state index in [0.717, 1.165) is 22.3 Å². The van der Waals surface area contributed by atoms with Crippen molar-refractivity contribution in [3.05, 3.63) is 63.7 Å². The van der Waals surface area contributed by atoms with Gasteiger partial charge < -0.3 is 4.74 Å². The van der Waals surface area contributed by atoms with Crippen molar-refractivity contribution in [3.63, 3.8) is 0 Å². The van der Waals surface area contributed by atoms with Crippen LogP contribution in [0.2, 0.25) is 0 Å². The summed E-state index contributed by atoms with van der Waals surface area (Å²) in [6.07, 6.45) is 0. The lowest BCUT2D eigenvalue weighted by Gasteiger charge is -2.30. The van der Waals surface area contributed by atoms with Crippen molar-refractivity contribution in [1.29, 1.82) is 0 Å². The summed E-state index contributed by atoms with van der Waals surface area (Å²) in [7, 11) is 0. The maximum absolute atomic E-state index is 11.5. The van der Waals surface area contributed by atoms with Crippen molar-refractivity contribution in [2.24, 2.45) is 0 Å². The molecule has 0 saturated heterocycles. The normalized spacial score (nSPS) is 11.3. The quantitative estimate of drug-likeness (QED) is 0.444. The summed E-state index contributed by atoms with van der Waals surface area (Å²) >= 11 is 0. The number of carbonyl (C=O) groups is 2. The molecule has 0 heterocycles. The number of carbonyl (C=O) groups excluding carboxylic acids is 2. The minimum atomic E-state index is -0.308. The molecule has 3 heteroatoms. The molecule has 0 bridgehead atoms. The summed E-state index contributed by atoms with van der Waals surface area (Å²) < 4.78 is 5.40. The molecule has 0 saturated carbocycles. The Morgan fingerprint density at radius 1 is 0.920 bits per heavy atom. The second kappa shape index (κ2) is 6.83. The third-order valence-corrected chi connectivity index (χ3v) is 4.96. The van der Waals surface area contributed by atoms with Gasteiger partial charge in [0.2, 0.25) is 0 Å². The first-order valence-electron chi connectivity index (χ1n) is 8.47. The van der Waals surface area contributed by atoms with Gasteiger partial charge in [0, 0.05) is 17.9 Å². The predicted octanol–water partition coefficient (Wildman–Crippen LogP) is 5.07. The fourth-order valence-corrected chi connectivity index (χ4v) is 3.29. The summed E-state index contributed by atoms with van der Waals surface area (Å²) in [6.45, 7) is 13.3. The second-order valence-electron chi connectivity index (χ2n) is 7.17. The van der Waals surface area contributed by atoms with E-state index in [1.165, 1.54) is 12.5 Å². The molecule has 0 aliphatic rings. The van der Waals surface area contributed by atoms with Gasteiger partial charge in [-0.05, 0) is 55.5 Å². The highest BCUT2D eigenvalue weighted by Gasteiger charge is 2.27. The van der Waals surface area contributed by atoms with Crippen LogP contribution in [0.3, 0.4) is 0 Å². The zero-order valence-electron chi connectivity index (χ0n) is 16.1. The molecule has 2 aromatic rings. The summed E-state index contributed by atoms with van der Waals surface area (Å²) in [5, 5.41) is 0. The molecule has 25 heavy (non-hydrogen) atoms. The zero-order chi connectivity index (χ0) is 18.9. The van der Waals surface area contributed by atoms with Gasteiger partial charge in [-0.3, -0.25) is 9.59 Å². The minimum Gasteiger partial charge on any atom is -0.426 e. The number of rotatable bonds is 4. The van der Waals surface area contributed by atoms with Crippen molar-refractivity contribution in [1.82, 2.24) is 0 Å². The Kier molecular flexibility index (Phi) is 5.17. The smallest absolute Gasteiger partial charge is 0.308 e. The van der Waals surface area contributed by atoms with Crippen LogP contribution in [0.15, 0.2) is 30.3 Å². The molecule has 3 nitrogen and oxygen atoms in total. The van der Waals surface area contributed by atoms with E-state index in [4.69, 9.17) is 4.74 Å². The molecule has 2 aromatic carbocycles. The third-order valence-electron chi connectivity index (χ3n) is 4.96. The van der Waals surface area contributed by atoms with Crippen LogP contribution >= 0.6 is 0 Å². The number of benzene rings is 2. The van der Waals surface area contributed by atoms with E-state index >= 15 is 0 Å². The maximum atomic E-state index is 11.5. The molecule has 0 atom stereocenters. The molecule has 0 unspecified atom stereocenters. The highest BCUT2D eigenvalue weighted by molar-refractivity contribution is 5.94. The molecule has 132 valence electrons. The van der Waals surface area contributed by atoms with Crippen LogP contribution in [0.1, 0.15) is 65.9 Å². The number of ketones is 1. The van der Waals surface area contributed by atoms with Crippen LogP contribution in [-0.4, -0.2) is 11.8 Å². The van der Waals surface area contributed by atoms with Crippen molar-refractivity contribution < 1.29 is 14.3 Å². The van der Waals surface area contributed by atoms with Gasteiger partial charge >= 0.3 is 5.97 Å². The number of hydrogen-bond acceptors (Lipinski definition) is 3. The Morgan fingerprint density at radius 2 is 1.48 bits per heavy atom. The fraction of sp³-hybridized carbons (Fsp3) is 0.364. The molecular formula is C22H26O3. The topological polar surface area (TPSA) is 43.4 Å². The van der Waals surface area contributed by atoms with Gasteiger partial charge in [0.15, 0.2) is 5.78 Å². The Labute approximate surface area is 150 Å².